The van der Waals surface area contributed by atoms with Gasteiger partial charge in [-0.05, 0) is 18.9 Å². The second kappa shape index (κ2) is 8.97. The Morgan fingerprint density at radius 2 is 1.75 bits per heavy atom. The fourth-order valence-corrected chi connectivity index (χ4v) is 3.06. The molecule has 7 nitrogen and oxygen atoms in total. The van der Waals surface area contributed by atoms with Gasteiger partial charge in [-0.15, -0.1) is 0 Å². The van der Waals surface area contributed by atoms with E-state index < -0.39 is 8.38 Å². The molecule has 132 valence electrons. The second-order valence-electron chi connectivity index (χ2n) is 5.50. The van der Waals surface area contributed by atoms with Gasteiger partial charge in [0.25, 0.3) is 0 Å². The highest BCUT2D eigenvalue weighted by atomic mass is 31.2. The number of anilines is 1. The molecule has 0 saturated heterocycles. The maximum Gasteiger partial charge on any atom is 0.164 e. The van der Waals surface area contributed by atoms with Gasteiger partial charge >= 0.3 is 0 Å². The lowest BCUT2D eigenvalue weighted by Crippen LogP contribution is -2.20. The zero-order chi connectivity index (χ0) is 17.5. The van der Waals surface area contributed by atoms with Crippen LogP contribution in [0.5, 0.6) is 11.5 Å². The van der Waals surface area contributed by atoms with Crippen LogP contribution in [0.3, 0.4) is 0 Å². The molecule has 0 aliphatic carbocycles. The first-order valence-corrected chi connectivity index (χ1v) is 9.23. The van der Waals surface area contributed by atoms with Crippen molar-refractivity contribution in [3.8, 4) is 11.5 Å². The summed E-state index contributed by atoms with van der Waals surface area (Å²) in [6.07, 6.45) is 4.75. The van der Waals surface area contributed by atoms with Crippen molar-refractivity contribution in [3.05, 3.63) is 18.5 Å². The minimum Gasteiger partial charge on any atom is -0.493 e. The molecule has 0 unspecified atom stereocenters. The lowest BCUT2D eigenvalue weighted by molar-refractivity contribution is 0.356. The number of fused-ring (bicyclic) bond motifs is 1. The second-order valence-corrected chi connectivity index (χ2v) is 6.69. The number of nitrogens with zero attached hydrogens (tertiary/aromatic N) is 3. The minimum absolute atomic E-state index is 0.479. The summed E-state index contributed by atoms with van der Waals surface area (Å²) in [5.74, 6) is 2.13. The van der Waals surface area contributed by atoms with E-state index in [1.165, 1.54) is 0 Å². The van der Waals surface area contributed by atoms with Gasteiger partial charge in [-0.25, -0.2) is 9.97 Å². The van der Waals surface area contributed by atoms with Crippen LogP contribution in [0.15, 0.2) is 18.5 Å². The molecule has 0 amide bonds. The van der Waals surface area contributed by atoms with E-state index in [1.54, 1.807) is 20.5 Å². The van der Waals surface area contributed by atoms with Crippen molar-refractivity contribution in [1.82, 2.24) is 9.97 Å². The van der Waals surface area contributed by atoms with Gasteiger partial charge < -0.3 is 24.2 Å². The number of ether oxygens (including phenoxy) is 2. The molecule has 0 bridgehead atoms. The zero-order valence-electron chi connectivity index (χ0n) is 14.3. The number of rotatable bonds is 9. The molecule has 24 heavy (non-hydrogen) atoms. The lowest BCUT2D eigenvalue weighted by Gasteiger charge is -2.20. The van der Waals surface area contributed by atoms with Gasteiger partial charge in [0.2, 0.25) is 0 Å². The van der Waals surface area contributed by atoms with Crippen LogP contribution in [-0.2, 0) is 0 Å². The van der Waals surface area contributed by atoms with E-state index in [-0.39, 0.29) is 0 Å². The topological polar surface area (TPSA) is 87.9 Å². The molecule has 0 fully saturated rings. The Balaban J connectivity index is 2.13. The van der Waals surface area contributed by atoms with Gasteiger partial charge in [-0.2, -0.15) is 0 Å². The van der Waals surface area contributed by atoms with Crippen molar-refractivity contribution in [2.45, 2.75) is 19.3 Å². The highest BCUT2D eigenvalue weighted by Crippen LogP contribution is 2.34. The fourth-order valence-electron chi connectivity index (χ4n) is 2.56. The summed E-state index contributed by atoms with van der Waals surface area (Å²) in [7, 11) is 3.42. The molecule has 2 rings (SSSR count). The summed E-state index contributed by atoms with van der Waals surface area (Å²) >= 11 is 0. The van der Waals surface area contributed by atoms with Crippen LogP contribution < -0.4 is 14.4 Å². The highest BCUT2D eigenvalue weighted by Gasteiger charge is 2.13. The Labute approximate surface area is 143 Å². The quantitative estimate of drug-likeness (QED) is 0.529. The summed E-state index contributed by atoms with van der Waals surface area (Å²) in [5, 5.41) is 0.909. The van der Waals surface area contributed by atoms with Crippen molar-refractivity contribution < 1.29 is 19.3 Å². The third kappa shape index (κ3) is 4.66. The normalized spacial score (nSPS) is 11.1. The van der Waals surface area contributed by atoms with Crippen LogP contribution in [0.2, 0.25) is 0 Å². The minimum atomic E-state index is -1.77. The number of aromatic nitrogens is 2. The molecular formula is C16H24N3O4P. The molecule has 0 saturated carbocycles. The van der Waals surface area contributed by atoms with E-state index in [0.717, 1.165) is 42.5 Å². The Morgan fingerprint density at radius 1 is 1.04 bits per heavy atom. The first kappa shape index (κ1) is 18.6. The lowest BCUT2D eigenvalue weighted by atomic mass is 10.2. The van der Waals surface area contributed by atoms with Gasteiger partial charge in [-0.3, -0.25) is 0 Å². The predicted octanol–water partition coefficient (Wildman–Crippen LogP) is 2.55. The molecular weight excluding hydrogens is 329 g/mol. The highest BCUT2D eigenvalue weighted by molar-refractivity contribution is 7.45. The monoisotopic (exact) mass is 353 g/mol. The average Bonchev–Trinajstić information content (AvgIpc) is 2.59. The van der Waals surface area contributed by atoms with Crippen LogP contribution in [0.4, 0.5) is 5.82 Å². The van der Waals surface area contributed by atoms with Crippen LogP contribution in [0, 0.1) is 0 Å². The third-order valence-corrected chi connectivity index (χ3v) is 4.55. The molecule has 1 aromatic heterocycles. The van der Waals surface area contributed by atoms with Gasteiger partial charge in [0, 0.05) is 31.2 Å². The Hall–Kier alpha value is -1.69. The van der Waals surface area contributed by atoms with Crippen LogP contribution in [0.1, 0.15) is 19.3 Å². The maximum atomic E-state index is 8.92. The summed E-state index contributed by atoms with van der Waals surface area (Å²) in [4.78, 5) is 28.6. The van der Waals surface area contributed by atoms with Crippen molar-refractivity contribution in [3.63, 3.8) is 0 Å². The molecule has 8 heteroatoms. The molecule has 0 aliphatic rings. The van der Waals surface area contributed by atoms with Gasteiger partial charge in [0.1, 0.15) is 12.1 Å². The zero-order valence-corrected chi connectivity index (χ0v) is 15.2. The fraction of sp³-hybridized carbons (Fsp3) is 0.500. The van der Waals surface area contributed by atoms with E-state index in [2.05, 4.69) is 14.9 Å². The molecule has 0 aliphatic heterocycles. The number of benzene rings is 1. The molecule has 1 aromatic carbocycles. The number of hydrogen-bond acceptors (Lipinski definition) is 7. The van der Waals surface area contributed by atoms with Gasteiger partial charge in [0.05, 0.1) is 19.7 Å². The van der Waals surface area contributed by atoms with Crippen LogP contribution >= 0.6 is 8.38 Å². The van der Waals surface area contributed by atoms with E-state index in [4.69, 9.17) is 19.3 Å². The van der Waals surface area contributed by atoms with Crippen molar-refractivity contribution in [2.24, 2.45) is 0 Å². The largest absolute Gasteiger partial charge is 0.493 e. The van der Waals surface area contributed by atoms with Crippen LogP contribution in [0.25, 0.3) is 10.9 Å². The standard InChI is InChI=1S/C16H24N3O4P/c1-19(7-5-4-6-8-24(20)21)16-12-9-14(22-2)15(23-3)10-13(12)17-11-18-16/h9-11,20-21H,4-8H2,1-3H3. The molecule has 0 radical (unpaired) electrons. The van der Waals surface area contributed by atoms with E-state index >= 15 is 0 Å². The summed E-state index contributed by atoms with van der Waals surface area (Å²) in [6.45, 7) is 0.829. The van der Waals surface area contributed by atoms with Crippen LogP contribution in [-0.4, -0.2) is 53.7 Å². The maximum absolute atomic E-state index is 8.92. The molecule has 2 N–H and O–H groups in total. The molecule has 0 atom stereocenters. The van der Waals surface area contributed by atoms with E-state index in [0.29, 0.717) is 17.7 Å². The number of unbranched alkanes of at least 4 members (excludes halogenated alkanes) is 2. The van der Waals surface area contributed by atoms with Gasteiger partial charge in [-0.1, -0.05) is 6.42 Å². The molecule has 0 spiro atoms. The third-order valence-electron chi connectivity index (χ3n) is 3.83. The smallest absolute Gasteiger partial charge is 0.164 e. The Bertz CT molecular complexity index is 669. The molecule has 1 heterocycles. The van der Waals surface area contributed by atoms with Crippen molar-refractivity contribution >= 4 is 25.1 Å². The summed E-state index contributed by atoms with van der Waals surface area (Å²) in [5.41, 5.74) is 0.802. The summed E-state index contributed by atoms with van der Waals surface area (Å²) < 4.78 is 10.7. The first-order chi connectivity index (χ1) is 11.6. The van der Waals surface area contributed by atoms with Crippen molar-refractivity contribution in [2.75, 3.05) is 38.9 Å². The Kier molecular flexibility index (Phi) is 6.97. The SMILES string of the molecule is COc1cc2ncnc(N(C)CCCCCP(O)O)c2cc1OC. The van der Waals surface area contributed by atoms with E-state index in [9.17, 15) is 0 Å². The van der Waals surface area contributed by atoms with E-state index in [1.807, 2.05) is 19.2 Å². The van der Waals surface area contributed by atoms with Gasteiger partial charge in [0.15, 0.2) is 19.9 Å². The Morgan fingerprint density at radius 3 is 2.42 bits per heavy atom. The number of hydrogen-bond donors (Lipinski definition) is 2. The number of methoxy groups -OCH3 is 2. The average molecular weight is 353 g/mol. The first-order valence-electron chi connectivity index (χ1n) is 7.80. The van der Waals surface area contributed by atoms with Crippen molar-refractivity contribution in [1.29, 1.82) is 0 Å². The molecule has 2 aromatic rings. The predicted molar refractivity (Wildman–Crippen MR) is 96.0 cm³/mol. The summed E-state index contributed by atoms with van der Waals surface area (Å²) in [6, 6.07) is 3.74.